The first-order valence-corrected chi connectivity index (χ1v) is 4.89. The Bertz CT molecular complexity index is 320. The fourth-order valence-corrected chi connectivity index (χ4v) is 1.44. The molecule has 1 atom stereocenters. The van der Waals surface area contributed by atoms with E-state index in [-0.39, 0.29) is 11.8 Å². The van der Waals surface area contributed by atoms with Gasteiger partial charge < -0.3 is 10.8 Å². The Morgan fingerprint density at radius 3 is 2.86 bits per heavy atom. The minimum Gasteiger partial charge on any atom is -0.508 e. The van der Waals surface area contributed by atoms with E-state index < -0.39 is 0 Å². The van der Waals surface area contributed by atoms with Crippen molar-refractivity contribution in [3.05, 3.63) is 42.0 Å². The van der Waals surface area contributed by atoms with Crippen molar-refractivity contribution in [2.45, 2.75) is 25.8 Å². The van der Waals surface area contributed by atoms with Gasteiger partial charge in [0.25, 0.3) is 0 Å². The fraction of sp³-hybridized carbons (Fsp3) is 0.333. The van der Waals surface area contributed by atoms with Gasteiger partial charge >= 0.3 is 0 Å². The van der Waals surface area contributed by atoms with Gasteiger partial charge in [-0.3, -0.25) is 0 Å². The molecule has 2 nitrogen and oxygen atoms in total. The average Bonchev–Trinajstić information content (AvgIpc) is 2.20. The first kappa shape index (κ1) is 10.8. The van der Waals surface area contributed by atoms with Gasteiger partial charge in [-0.2, -0.15) is 0 Å². The number of benzene rings is 1. The number of rotatable bonds is 4. The zero-order chi connectivity index (χ0) is 10.6. The Balaban J connectivity index is 3.01. The number of hydrogen-bond acceptors (Lipinski definition) is 2. The molecular formula is C12H17NO. The maximum absolute atomic E-state index is 9.58. The van der Waals surface area contributed by atoms with E-state index in [2.05, 4.69) is 13.5 Å². The highest BCUT2D eigenvalue weighted by molar-refractivity contribution is 5.39. The second-order valence-corrected chi connectivity index (χ2v) is 3.40. The van der Waals surface area contributed by atoms with Gasteiger partial charge in [-0.25, -0.2) is 0 Å². The third kappa shape index (κ3) is 2.36. The van der Waals surface area contributed by atoms with Crippen molar-refractivity contribution in [2.75, 3.05) is 0 Å². The maximum Gasteiger partial charge on any atom is 0.120 e. The molecule has 0 bridgehead atoms. The van der Waals surface area contributed by atoms with E-state index >= 15 is 0 Å². The van der Waals surface area contributed by atoms with Crippen LogP contribution in [0.5, 0.6) is 5.75 Å². The molecule has 0 aliphatic heterocycles. The van der Waals surface area contributed by atoms with Crippen LogP contribution >= 0.6 is 0 Å². The van der Waals surface area contributed by atoms with Crippen molar-refractivity contribution in [3.8, 4) is 5.75 Å². The summed E-state index contributed by atoms with van der Waals surface area (Å²) >= 11 is 0. The van der Waals surface area contributed by atoms with Gasteiger partial charge in [0, 0.05) is 5.56 Å². The monoisotopic (exact) mass is 191 g/mol. The zero-order valence-corrected chi connectivity index (χ0v) is 8.53. The number of hydrogen-bond donors (Lipinski definition) is 2. The molecule has 0 spiro atoms. The molecule has 0 saturated heterocycles. The quantitative estimate of drug-likeness (QED) is 0.718. The predicted octanol–water partition coefficient (Wildman–Crippen LogP) is 2.53. The van der Waals surface area contributed by atoms with Crippen LogP contribution in [0.15, 0.2) is 30.9 Å². The summed E-state index contributed by atoms with van der Waals surface area (Å²) in [7, 11) is 0. The van der Waals surface area contributed by atoms with Gasteiger partial charge in [0.05, 0.1) is 6.04 Å². The van der Waals surface area contributed by atoms with Crippen molar-refractivity contribution in [1.82, 2.24) is 0 Å². The minimum atomic E-state index is -0.285. The molecule has 76 valence electrons. The van der Waals surface area contributed by atoms with Crippen molar-refractivity contribution in [1.29, 1.82) is 0 Å². The van der Waals surface area contributed by atoms with Crippen LogP contribution in [-0.4, -0.2) is 5.11 Å². The molecule has 0 aliphatic rings. The van der Waals surface area contributed by atoms with Crippen molar-refractivity contribution < 1.29 is 5.11 Å². The summed E-state index contributed by atoms with van der Waals surface area (Å²) in [5.74, 6) is 0.247. The molecule has 14 heavy (non-hydrogen) atoms. The molecule has 0 unspecified atom stereocenters. The van der Waals surface area contributed by atoms with E-state index in [0.717, 1.165) is 18.4 Å². The minimum absolute atomic E-state index is 0.247. The van der Waals surface area contributed by atoms with Crippen LogP contribution in [0.2, 0.25) is 0 Å². The summed E-state index contributed by atoms with van der Waals surface area (Å²) in [6, 6.07) is 5.29. The van der Waals surface area contributed by atoms with Crippen molar-refractivity contribution in [2.24, 2.45) is 5.73 Å². The topological polar surface area (TPSA) is 46.2 Å². The van der Waals surface area contributed by atoms with Gasteiger partial charge in [-0.1, -0.05) is 31.6 Å². The summed E-state index contributed by atoms with van der Waals surface area (Å²) in [6.45, 7) is 5.74. The number of phenolic OH excluding ortho intramolecular Hbond substituents is 1. The molecule has 0 radical (unpaired) electrons. The fourth-order valence-electron chi connectivity index (χ4n) is 1.44. The highest BCUT2D eigenvalue weighted by atomic mass is 16.3. The summed E-state index contributed by atoms with van der Waals surface area (Å²) in [6.07, 6.45) is 3.73. The van der Waals surface area contributed by atoms with E-state index in [0.29, 0.717) is 0 Å². The normalized spacial score (nSPS) is 12.4. The Morgan fingerprint density at radius 1 is 1.57 bits per heavy atom. The molecule has 3 N–H and O–H groups in total. The number of aryl methyl sites for hydroxylation is 1. The van der Waals surface area contributed by atoms with Gasteiger partial charge in [0.2, 0.25) is 0 Å². The Labute approximate surface area is 85.1 Å². The number of nitrogens with two attached hydrogens (primary N) is 1. The largest absolute Gasteiger partial charge is 0.508 e. The second kappa shape index (κ2) is 4.82. The van der Waals surface area contributed by atoms with Crippen molar-refractivity contribution in [3.63, 3.8) is 0 Å². The first-order chi connectivity index (χ1) is 6.69. The molecular weight excluding hydrogens is 174 g/mol. The van der Waals surface area contributed by atoms with Gasteiger partial charge in [-0.05, 0) is 18.1 Å². The molecule has 0 amide bonds. The molecule has 0 saturated carbocycles. The van der Waals surface area contributed by atoms with E-state index in [1.165, 1.54) is 5.56 Å². The lowest BCUT2D eigenvalue weighted by molar-refractivity contribution is 0.465. The van der Waals surface area contributed by atoms with Crippen molar-refractivity contribution >= 4 is 0 Å². The molecule has 0 aliphatic carbocycles. The molecule has 2 heteroatoms. The molecule has 0 aromatic heterocycles. The zero-order valence-electron chi connectivity index (χ0n) is 8.53. The smallest absolute Gasteiger partial charge is 0.120 e. The lowest BCUT2D eigenvalue weighted by Crippen LogP contribution is -2.07. The van der Waals surface area contributed by atoms with Crippen LogP contribution in [0.3, 0.4) is 0 Å². The summed E-state index contributed by atoms with van der Waals surface area (Å²) in [5, 5.41) is 9.58. The van der Waals surface area contributed by atoms with Gasteiger partial charge in [-0.15, -0.1) is 6.58 Å². The summed E-state index contributed by atoms with van der Waals surface area (Å²) < 4.78 is 0. The Hall–Kier alpha value is -1.28. The van der Waals surface area contributed by atoms with Gasteiger partial charge in [0.1, 0.15) is 5.75 Å². The number of phenols is 1. The van der Waals surface area contributed by atoms with E-state index in [1.54, 1.807) is 12.1 Å². The SMILES string of the molecule is C=C[C@@H](N)c1cc(CCC)ccc1O. The lowest BCUT2D eigenvalue weighted by Gasteiger charge is -2.10. The molecule has 1 aromatic carbocycles. The highest BCUT2D eigenvalue weighted by Crippen LogP contribution is 2.24. The lowest BCUT2D eigenvalue weighted by atomic mass is 10.0. The number of aromatic hydroxyl groups is 1. The third-order valence-electron chi connectivity index (χ3n) is 2.24. The molecule has 1 rings (SSSR count). The second-order valence-electron chi connectivity index (χ2n) is 3.40. The van der Waals surface area contributed by atoms with Crippen LogP contribution in [0.4, 0.5) is 0 Å². The standard InChI is InChI=1S/C12H17NO/c1-3-5-9-6-7-12(14)10(8-9)11(13)4-2/h4,6-8,11,14H,2-3,5,13H2,1H3/t11-/m1/s1. The average molecular weight is 191 g/mol. The molecule has 0 fully saturated rings. The van der Waals surface area contributed by atoms with Crippen LogP contribution in [0.1, 0.15) is 30.5 Å². The maximum atomic E-state index is 9.58. The van der Waals surface area contributed by atoms with Crippen LogP contribution in [0.25, 0.3) is 0 Å². The Kier molecular flexibility index (Phi) is 3.72. The van der Waals surface area contributed by atoms with Gasteiger partial charge in [0.15, 0.2) is 0 Å². The third-order valence-corrected chi connectivity index (χ3v) is 2.24. The van der Waals surface area contributed by atoms with E-state index in [1.807, 2.05) is 12.1 Å². The van der Waals surface area contributed by atoms with E-state index in [9.17, 15) is 5.11 Å². The highest BCUT2D eigenvalue weighted by Gasteiger charge is 2.07. The van der Waals surface area contributed by atoms with Crippen LogP contribution in [0, 0.1) is 0 Å². The van der Waals surface area contributed by atoms with Crippen LogP contribution in [-0.2, 0) is 6.42 Å². The molecule has 0 heterocycles. The molecule has 1 aromatic rings. The Morgan fingerprint density at radius 2 is 2.29 bits per heavy atom. The van der Waals surface area contributed by atoms with E-state index in [4.69, 9.17) is 5.73 Å². The predicted molar refractivity (Wildman–Crippen MR) is 59.2 cm³/mol. The first-order valence-electron chi connectivity index (χ1n) is 4.89. The summed E-state index contributed by atoms with van der Waals surface area (Å²) in [5.41, 5.74) is 7.74. The summed E-state index contributed by atoms with van der Waals surface area (Å²) in [4.78, 5) is 0. The van der Waals surface area contributed by atoms with Crippen LogP contribution < -0.4 is 5.73 Å².